The van der Waals surface area contributed by atoms with Crippen molar-refractivity contribution in [1.82, 2.24) is 4.98 Å². The van der Waals surface area contributed by atoms with E-state index in [2.05, 4.69) is 31.5 Å². The van der Waals surface area contributed by atoms with Crippen LogP contribution in [0.25, 0.3) is 0 Å². The van der Waals surface area contributed by atoms with Crippen LogP contribution in [0, 0.1) is 6.92 Å². The predicted octanol–water partition coefficient (Wildman–Crippen LogP) is 1.98. The van der Waals surface area contributed by atoms with Gasteiger partial charge in [-0.25, -0.2) is 0 Å². The molecule has 0 spiro atoms. The standard InChI is InChI=1S/C10H16NOSi/c1-10(12,13(2,3)4)9-7-5-6-8-11-9/h5-8,12H,1H2,2-4H3. The van der Waals surface area contributed by atoms with Gasteiger partial charge in [0.05, 0.1) is 19.0 Å². The van der Waals surface area contributed by atoms with E-state index in [-0.39, 0.29) is 0 Å². The van der Waals surface area contributed by atoms with E-state index in [9.17, 15) is 5.11 Å². The Bertz CT molecular complexity index is 277. The van der Waals surface area contributed by atoms with Gasteiger partial charge in [0.25, 0.3) is 0 Å². The number of rotatable bonds is 2. The van der Waals surface area contributed by atoms with Gasteiger partial charge in [0.1, 0.15) is 0 Å². The van der Waals surface area contributed by atoms with Crippen LogP contribution in [0.5, 0.6) is 0 Å². The van der Waals surface area contributed by atoms with Crippen LogP contribution in [0.3, 0.4) is 0 Å². The van der Waals surface area contributed by atoms with Crippen molar-refractivity contribution >= 4 is 8.07 Å². The Morgan fingerprint density at radius 3 is 2.38 bits per heavy atom. The lowest BCUT2D eigenvalue weighted by atomic mass is 10.2. The van der Waals surface area contributed by atoms with Crippen molar-refractivity contribution in [3.63, 3.8) is 0 Å². The molecule has 1 aromatic heterocycles. The van der Waals surface area contributed by atoms with Crippen LogP contribution in [-0.4, -0.2) is 18.2 Å². The van der Waals surface area contributed by atoms with Crippen LogP contribution >= 0.6 is 0 Å². The SMILES string of the molecule is [CH2]C(O)(c1ccccn1)[Si](C)(C)C. The van der Waals surface area contributed by atoms with E-state index in [1.807, 2.05) is 18.2 Å². The molecule has 1 unspecified atom stereocenters. The fourth-order valence-corrected chi connectivity index (χ4v) is 1.91. The first-order chi connectivity index (χ1) is 5.86. The summed E-state index contributed by atoms with van der Waals surface area (Å²) < 4.78 is 0. The van der Waals surface area contributed by atoms with Gasteiger partial charge in [-0.1, -0.05) is 25.7 Å². The van der Waals surface area contributed by atoms with Gasteiger partial charge >= 0.3 is 0 Å². The van der Waals surface area contributed by atoms with Gasteiger partial charge in [-0.2, -0.15) is 0 Å². The number of aromatic nitrogens is 1. The molecule has 71 valence electrons. The van der Waals surface area contributed by atoms with Crippen LogP contribution in [0.4, 0.5) is 0 Å². The quantitative estimate of drug-likeness (QED) is 0.730. The second-order valence-electron chi connectivity index (χ2n) is 4.33. The second-order valence-corrected chi connectivity index (χ2v) is 9.65. The van der Waals surface area contributed by atoms with Crippen molar-refractivity contribution in [2.75, 3.05) is 0 Å². The average Bonchev–Trinajstić information content (AvgIpc) is 2.04. The van der Waals surface area contributed by atoms with Gasteiger partial charge in [-0.05, 0) is 19.1 Å². The number of aliphatic hydroxyl groups is 1. The maximum Gasteiger partial charge on any atom is 0.0951 e. The van der Waals surface area contributed by atoms with Crippen LogP contribution in [0.1, 0.15) is 5.69 Å². The zero-order chi connectivity index (χ0) is 10.1. The van der Waals surface area contributed by atoms with E-state index in [0.29, 0.717) is 5.69 Å². The van der Waals surface area contributed by atoms with Gasteiger partial charge < -0.3 is 5.11 Å². The first-order valence-corrected chi connectivity index (χ1v) is 7.85. The van der Waals surface area contributed by atoms with E-state index in [1.54, 1.807) is 6.20 Å². The lowest BCUT2D eigenvalue weighted by molar-refractivity contribution is 0.159. The maximum absolute atomic E-state index is 10.2. The van der Waals surface area contributed by atoms with Gasteiger partial charge in [0.15, 0.2) is 0 Å². The molecular weight excluding hydrogens is 178 g/mol. The number of hydrogen-bond acceptors (Lipinski definition) is 2. The Morgan fingerprint density at radius 1 is 1.38 bits per heavy atom. The highest BCUT2D eigenvalue weighted by atomic mass is 28.3. The van der Waals surface area contributed by atoms with Crippen molar-refractivity contribution in [3.8, 4) is 0 Å². The molecule has 1 N–H and O–H groups in total. The zero-order valence-electron chi connectivity index (χ0n) is 8.41. The third-order valence-electron chi connectivity index (χ3n) is 2.33. The summed E-state index contributed by atoms with van der Waals surface area (Å²) in [5.74, 6) is 0. The third-order valence-corrected chi connectivity index (χ3v) is 5.07. The molecule has 2 nitrogen and oxygen atoms in total. The molecule has 13 heavy (non-hydrogen) atoms. The molecule has 0 bridgehead atoms. The molecule has 1 radical (unpaired) electrons. The highest BCUT2D eigenvalue weighted by Gasteiger charge is 2.39. The lowest BCUT2D eigenvalue weighted by Gasteiger charge is -2.34. The number of pyridine rings is 1. The molecule has 1 rings (SSSR count). The minimum Gasteiger partial charge on any atom is -0.387 e. The van der Waals surface area contributed by atoms with Crippen molar-refractivity contribution in [3.05, 3.63) is 37.0 Å². The Morgan fingerprint density at radius 2 is 2.00 bits per heavy atom. The zero-order valence-corrected chi connectivity index (χ0v) is 9.41. The lowest BCUT2D eigenvalue weighted by Crippen LogP contribution is -2.47. The molecule has 1 atom stereocenters. The highest BCUT2D eigenvalue weighted by molar-refractivity contribution is 6.78. The molecule has 0 saturated heterocycles. The number of nitrogens with zero attached hydrogens (tertiary/aromatic N) is 1. The minimum atomic E-state index is -1.74. The minimum absolute atomic E-state index is 0.675. The molecule has 1 aromatic rings. The summed E-state index contributed by atoms with van der Waals surface area (Å²) in [4.78, 5) is 4.14. The monoisotopic (exact) mass is 194 g/mol. The molecule has 3 heteroatoms. The molecule has 0 aromatic carbocycles. The van der Waals surface area contributed by atoms with Crippen LogP contribution in [-0.2, 0) is 5.22 Å². The van der Waals surface area contributed by atoms with Gasteiger partial charge in [0.2, 0.25) is 0 Å². The van der Waals surface area contributed by atoms with E-state index >= 15 is 0 Å². The van der Waals surface area contributed by atoms with Crippen LogP contribution in [0.2, 0.25) is 19.6 Å². The van der Waals surface area contributed by atoms with E-state index in [4.69, 9.17) is 0 Å². The fourth-order valence-electron chi connectivity index (χ4n) is 0.992. The first-order valence-electron chi connectivity index (χ1n) is 4.35. The summed E-state index contributed by atoms with van der Waals surface area (Å²) in [6.07, 6.45) is 1.69. The summed E-state index contributed by atoms with van der Waals surface area (Å²) in [6.45, 7) is 10.1. The second kappa shape index (κ2) is 3.23. The average molecular weight is 194 g/mol. The maximum atomic E-state index is 10.2. The Labute approximate surface area is 80.7 Å². The van der Waals surface area contributed by atoms with Crippen LogP contribution in [0.15, 0.2) is 24.4 Å². The molecular formula is C10H16NOSi. The number of hydrogen-bond donors (Lipinski definition) is 1. The van der Waals surface area contributed by atoms with Crippen molar-refractivity contribution in [2.24, 2.45) is 0 Å². The molecule has 0 amide bonds. The van der Waals surface area contributed by atoms with Gasteiger partial charge in [-0.15, -0.1) is 0 Å². The largest absolute Gasteiger partial charge is 0.387 e. The molecule has 0 aliphatic heterocycles. The Balaban J connectivity index is 3.08. The fraction of sp³-hybridized carbons (Fsp3) is 0.400. The van der Waals surface area contributed by atoms with E-state index < -0.39 is 13.3 Å². The summed E-state index contributed by atoms with van der Waals surface area (Å²) in [5, 5.41) is 9.22. The molecule has 0 aliphatic carbocycles. The van der Waals surface area contributed by atoms with Crippen molar-refractivity contribution < 1.29 is 5.11 Å². The highest BCUT2D eigenvalue weighted by Crippen LogP contribution is 2.28. The first kappa shape index (κ1) is 10.4. The summed E-state index contributed by atoms with van der Waals surface area (Å²) in [5.41, 5.74) is 0.675. The van der Waals surface area contributed by atoms with E-state index in [1.165, 1.54) is 0 Å². The summed E-state index contributed by atoms with van der Waals surface area (Å²) in [7, 11) is -1.74. The van der Waals surface area contributed by atoms with Gasteiger partial charge in [0, 0.05) is 6.20 Å². The van der Waals surface area contributed by atoms with E-state index in [0.717, 1.165) is 0 Å². The predicted molar refractivity (Wildman–Crippen MR) is 56.8 cm³/mol. The Hall–Kier alpha value is -0.673. The van der Waals surface area contributed by atoms with Crippen molar-refractivity contribution in [1.29, 1.82) is 0 Å². The summed E-state index contributed by atoms with van der Waals surface area (Å²) in [6, 6.07) is 5.54. The summed E-state index contributed by atoms with van der Waals surface area (Å²) >= 11 is 0. The molecule has 1 heterocycles. The van der Waals surface area contributed by atoms with Gasteiger partial charge in [-0.3, -0.25) is 4.98 Å². The molecule has 0 aliphatic rings. The topological polar surface area (TPSA) is 33.1 Å². The molecule has 0 fully saturated rings. The van der Waals surface area contributed by atoms with Crippen LogP contribution < -0.4 is 0 Å². The normalized spacial score (nSPS) is 16.7. The molecule has 0 saturated carbocycles. The van der Waals surface area contributed by atoms with Crippen molar-refractivity contribution in [2.45, 2.75) is 24.9 Å². The third kappa shape index (κ3) is 1.98. The Kier molecular flexibility index (Phi) is 2.59. The smallest absolute Gasteiger partial charge is 0.0951 e.